The number of H-pyrrole nitrogens is 1. The predicted octanol–water partition coefficient (Wildman–Crippen LogP) is 4.23. The standard InChI is InChI=1S/C24H20N4O3S2/c1-16-7-5-10-18-13-19(24(29)25-22(16)18)15-28(14-17-8-3-2-4-9-17)33(30,31)21-12-6-11-20-23(21)27-32-26-20/h2-13H,14-15H2,1H3,(H,25,29). The van der Waals surface area contributed by atoms with Gasteiger partial charge in [0, 0.05) is 18.7 Å². The van der Waals surface area contributed by atoms with Crippen LogP contribution in [-0.2, 0) is 23.1 Å². The SMILES string of the molecule is Cc1cccc2cc(CN(Cc3ccccc3)S(=O)(=O)c3cccc4nsnc34)c(=O)[nH]c12. The number of benzene rings is 3. The van der Waals surface area contributed by atoms with Gasteiger partial charge in [-0.15, -0.1) is 0 Å². The van der Waals surface area contributed by atoms with E-state index in [1.807, 2.05) is 55.5 Å². The molecule has 0 unspecified atom stereocenters. The summed E-state index contributed by atoms with van der Waals surface area (Å²) < 4.78 is 37.4. The van der Waals surface area contributed by atoms with E-state index in [-0.39, 0.29) is 23.5 Å². The van der Waals surface area contributed by atoms with Gasteiger partial charge in [0.25, 0.3) is 5.56 Å². The molecule has 0 amide bonds. The molecule has 3 aromatic carbocycles. The van der Waals surface area contributed by atoms with Gasteiger partial charge in [-0.1, -0.05) is 54.6 Å². The van der Waals surface area contributed by atoms with Crippen molar-refractivity contribution in [2.75, 3.05) is 0 Å². The van der Waals surface area contributed by atoms with E-state index in [1.54, 1.807) is 18.2 Å². The molecule has 2 heterocycles. The molecule has 0 aliphatic heterocycles. The molecule has 0 aliphatic rings. The van der Waals surface area contributed by atoms with E-state index < -0.39 is 10.0 Å². The highest BCUT2D eigenvalue weighted by Crippen LogP contribution is 2.27. The summed E-state index contributed by atoms with van der Waals surface area (Å²) in [6.45, 7) is 1.96. The summed E-state index contributed by atoms with van der Waals surface area (Å²) in [4.78, 5) is 15.9. The Morgan fingerprint density at radius 2 is 1.73 bits per heavy atom. The first kappa shape index (κ1) is 21.4. The van der Waals surface area contributed by atoms with Crippen LogP contribution in [0.3, 0.4) is 0 Å². The van der Waals surface area contributed by atoms with E-state index in [9.17, 15) is 13.2 Å². The molecular formula is C24H20N4O3S2. The number of fused-ring (bicyclic) bond motifs is 2. The molecule has 166 valence electrons. The summed E-state index contributed by atoms with van der Waals surface area (Å²) in [5, 5.41) is 0.854. The van der Waals surface area contributed by atoms with E-state index in [0.29, 0.717) is 16.6 Å². The van der Waals surface area contributed by atoms with Crippen LogP contribution in [0, 0.1) is 6.92 Å². The molecule has 0 fully saturated rings. The van der Waals surface area contributed by atoms with Crippen LogP contribution in [0.15, 0.2) is 82.5 Å². The first-order chi connectivity index (χ1) is 15.9. The number of rotatable bonds is 6. The highest BCUT2D eigenvalue weighted by molar-refractivity contribution is 7.89. The lowest BCUT2D eigenvalue weighted by Crippen LogP contribution is -2.32. The number of aromatic nitrogens is 3. The van der Waals surface area contributed by atoms with Crippen molar-refractivity contribution < 1.29 is 8.42 Å². The number of hydrogen-bond acceptors (Lipinski definition) is 6. The number of nitrogens with one attached hydrogen (secondary N) is 1. The Balaban J connectivity index is 1.62. The Kier molecular flexibility index (Phi) is 5.53. The number of aromatic amines is 1. The average molecular weight is 477 g/mol. The lowest BCUT2D eigenvalue weighted by Gasteiger charge is -2.22. The van der Waals surface area contributed by atoms with Crippen LogP contribution in [0.25, 0.3) is 21.9 Å². The lowest BCUT2D eigenvalue weighted by atomic mass is 10.1. The molecule has 5 rings (SSSR count). The van der Waals surface area contributed by atoms with Crippen molar-refractivity contribution >= 4 is 43.7 Å². The van der Waals surface area contributed by atoms with E-state index in [4.69, 9.17) is 0 Å². The summed E-state index contributed by atoms with van der Waals surface area (Å²) in [6.07, 6.45) is 0. The van der Waals surface area contributed by atoms with Crippen molar-refractivity contribution in [3.05, 3.63) is 99.8 Å². The second kappa shape index (κ2) is 8.51. The molecule has 0 bridgehead atoms. The molecule has 33 heavy (non-hydrogen) atoms. The van der Waals surface area contributed by atoms with Crippen molar-refractivity contribution in [2.24, 2.45) is 0 Å². The van der Waals surface area contributed by atoms with Crippen LogP contribution < -0.4 is 5.56 Å². The largest absolute Gasteiger partial charge is 0.321 e. The smallest absolute Gasteiger partial charge is 0.252 e. The fraction of sp³-hybridized carbons (Fsp3) is 0.125. The quantitative estimate of drug-likeness (QED) is 0.396. The van der Waals surface area contributed by atoms with Gasteiger partial charge in [0.1, 0.15) is 15.9 Å². The van der Waals surface area contributed by atoms with Gasteiger partial charge < -0.3 is 4.98 Å². The van der Waals surface area contributed by atoms with Crippen molar-refractivity contribution in [1.82, 2.24) is 18.0 Å². The molecule has 0 saturated heterocycles. The number of pyridine rings is 1. The van der Waals surface area contributed by atoms with E-state index in [1.165, 1.54) is 10.4 Å². The summed E-state index contributed by atoms with van der Waals surface area (Å²) in [5.74, 6) is 0. The van der Waals surface area contributed by atoms with Gasteiger partial charge in [-0.05, 0) is 41.6 Å². The minimum Gasteiger partial charge on any atom is -0.321 e. The zero-order valence-corrected chi connectivity index (χ0v) is 19.4. The molecule has 5 aromatic rings. The predicted molar refractivity (Wildman–Crippen MR) is 130 cm³/mol. The van der Waals surface area contributed by atoms with Gasteiger partial charge in [-0.3, -0.25) is 4.79 Å². The Morgan fingerprint density at radius 3 is 2.55 bits per heavy atom. The van der Waals surface area contributed by atoms with Crippen molar-refractivity contribution in [3.63, 3.8) is 0 Å². The van der Waals surface area contributed by atoms with Gasteiger partial charge in [-0.25, -0.2) is 8.42 Å². The maximum atomic E-state index is 13.8. The third-order valence-electron chi connectivity index (χ3n) is 5.58. The van der Waals surface area contributed by atoms with Crippen LogP contribution in [0.1, 0.15) is 16.7 Å². The van der Waals surface area contributed by atoms with E-state index in [2.05, 4.69) is 13.7 Å². The molecule has 9 heteroatoms. The van der Waals surface area contributed by atoms with Gasteiger partial charge >= 0.3 is 0 Å². The number of para-hydroxylation sites is 1. The van der Waals surface area contributed by atoms with Gasteiger partial charge in [0.2, 0.25) is 10.0 Å². The van der Waals surface area contributed by atoms with Crippen molar-refractivity contribution in [3.8, 4) is 0 Å². The zero-order valence-electron chi connectivity index (χ0n) is 17.7. The number of aryl methyl sites for hydroxylation is 1. The Morgan fingerprint density at radius 1 is 0.939 bits per heavy atom. The Bertz CT molecular complexity index is 1630. The Labute approximate surface area is 194 Å². The summed E-state index contributed by atoms with van der Waals surface area (Å²) >= 11 is 0.970. The lowest BCUT2D eigenvalue weighted by molar-refractivity contribution is 0.400. The number of nitrogens with zero attached hydrogens (tertiary/aromatic N) is 3. The third-order valence-corrected chi connectivity index (χ3v) is 7.95. The number of hydrogen-bond donors (Lipinski definition) is 1. The van der Waals surface area contributed by atoms with Gasteiger partial charge in [0.15, 0.2) is 0 Å². The number of sulfonamides is 1. The maximum Gasteiger partial charge on any atom is 0.252 e. The summed E-state index contributed by atoms with van der Waals surface area (Å²) in [7, 11) is -3.99. The maximum absolute atomic E-state index is 13.8. The zero-order chi connectivity index (χ0) is 23.0. The minimum atomic E-state index is -3.99. The van der Waals surface area contributed by atoms with E-state index in [0.717, 1.165) is 33.8 Å². The normalized spacial score (nSPS) is 12.1. The fourth-order valence-electron chi connectivity index (χ4n) is 3.88. The Hall–Kier alpha value is -3.40. The summed E-state index contributed by atoms with van der Waals surface area (Å²) in [6, 6.07) is 21.7. The third kappa shape index (κ3) is 4.06. The first-order valence-corrected chi connectivity index (χ1v) is 12.5. The molecule has 0 saturated carbocycles. The average Bonchev–Trinajstić information content (AvgIpc) is 3.29. The second-order valence-electron chi connectivity index (χ2n) is 7.81. The molecule has 0 spiro atoms. The molecule has 0 atom stereocenters. The van der Waals surface area contributed by atoms with Crippen LogP contribution in [0.5, 0.6) is 0 Å². The molecular weight excluding hydrogens is 456 g/mol. The van der Waals surface area contributed by atoms with Crippen LogP contribution in [-0.4, -0.2) is 26.5 Å². The van der Waals surface area contributed by atoms with Crippen LogP contribution in [0.2, 0.25) is 0 Å². The summed E-state index contributed by atoms with van der Waals surface area (Å²) in [5.41, 5.74) is 3.45. The molecule has 7 nitrogen and oxygen atoms in total. The van der Waals surface area contributed by atoms with Gasteiger partial charge in [0.05, 0.1) is 17.2 Å². The van der Waals surface area contributed by atoms with Crippen LogP contribution in [0.4, 0.5) is 0 Å². The minimum absolute atomic E-state index is 0.0790. The van der Waals surface area contributed by atoms with Crippen LogP contribution >= 0.6 is 11.7 Å². The van der Waals surface area contributed by atoms with Crippen molar-refractivity contribution in [1.29, 1.82) is 0 Å². The monoisotopic (exact) mass is 476 g/mol. The molecule has 1 N–H and O–H groups in total. The first-order valence-electron chi connectivity index (χ1n) is 10.3. The van der Waals surface area contributed by atoms with E-state index >= 15 is 0 Å². The fourth-order valence-corrected chi connectivity index (χ4v) is 6.04. The van der Waals surface area contributed by atoms with Gasteiger partial charge in [-0.2, -0.15) is 13.1 Å². The highest BCUT2D eigenvalue weighted by Gasteiger charge is 2.29. The molecule has 0 radical (unpaired) electrons. The topological polar surface area (TPSA) is 96.0 Å². The molecule has 2 aromatic heterocycles. The van der Waals surface area contributed by atoms with Crippen molar-refractivity contribution in [2.45, 2.75) is 24.9 Å². The molecule has 0 aliphatic carbocycles. The second-order valence-corrected chi connectivity index (χ2v) is 10.2. The highest BCUT2D eigenvalue weighted by atomic mass is 32.2.